The van der Waals surface area contributed by atoms with Gasteiger partial charge in [0.25, 0.3) is 0 Å². The summed E-state index contributed by atoms with van der Waals surface area (Å²) in [6.45, 7) is 1.74. The molecule has 0 saturated carbocycles. The number of Topliss-reactive ketones (excluding diaryl/α,β-unsaturated/α-hetero) is 1. The molecule has 0 heterocycles. The van der Waals surface area contributed by atoms with Crippen molar-refractivity contribution in [1.82, 2.24) is 0 Å². The van der Waals surface area contributed by atoms with E-state index in [4.69, 9.17) is 11.2 Å². The summed E-state index contributed by atoms with van der Waals surface area (Å²) in [5.41, 5.74) is 0.634. The van der Waals surface area contributed by atoms with Gasteiger partial charge in [-0.15, -0.1) is 6.42 Å². The molecule has 1 aromatic rings. The number of carbonyl (C=O) groups excluding carboxylic acids is 1. The molecule has 0 aliphatic carbocycles. The van der Waals surface area contributed by atoms with E-state index in [-0.39, 0.29) is 12.4 Å². The summed E-state index contributed by atoms with van der Waals surface area (Å²) >= 11 is 0. The van der Waals surface area contributed by atoms with Crippen molar-refractivity contribution in [3.05, 3.63) is 29.8 Å². The van der Waals surface area contributed by atoms with E-state index in [1.165, 1.54) is 6.92 Å². The lowest BCUT2D eigenvalue weighted by Crippen LogP contribution is -1.96. The molecule has 0 N–H and O–H groups in total. The minimum atomic E-state index is 0.0196. The summed E-state index contributed by atoms with van der Waals surface area (Å²) in [4.78, 5) is 11.0. The highest BCUT2D eigenvalue weighted by atomic mass is 16.5. The molecule has 1 rings (SSSR count). The Bertz CT molecular complexity index is 347. The topological polar surface area (TPSA) is 26.3 Å². The lowest BCUT2D eigenvalue weighted by Gasteiger charge is -2.02. The Morgan fingerprint density at radius 2 is 2.38 bits per heavy atom. The van der Waals surface area contributed by atoms with Crippen molar-refractivity contribution in [2.24, 2.45) is 0 Å². The summed E-state index contributed by atoms with van der Waals surface area (Å²) in [5, 5.41) is 0. The molecule has 0 aliphatic rings. The first-order valence-corrected chi connectivity index (χ1v) is 3.91. The van der Waals surface area contributed by atoms with Crippen molar-refractivity contribution in [1.29, 1.82) is 0 Å². The quantitative estimate of drug-likeness (QED) is 0.516. The van der Waals surface area contributed by atoms with Gasteiger partial charge in [-0.3, -0.25) is 4.79 Å². The van der Waals surface area contributed by atoms with Crippen molar-refractivity contribution in [2.75, 3.05) is 6.61 Å². The third-order valence-electron chi connectivity index (χ3n) is 1.56. The summed E-state index contributed by atoms with van der Waals surface area (Å²) in [7, 11) is 0. The van der Waals surface area contributed by atoms with Crippen LogP contribution in [-0.4, -0.2) is 12.4 Å². The maximum absolute atomic E-state index is 11.0. The van der Waals surface area contributed by atoms with E-state index in [0.717, 1.165) is 0 Å². The van der Waals surface area contributed by atoms with Crippen LogP contribution in [0.1, 0.15) is 17.3 Å². The van der Waals surface area contributed by atoms with Crippen LogP contribution in [0.5, 0.6) is 5.75 Å². The van der Waals surface area contributed by atoms with E-state index >= 15 is 0 Å². The van der Waals surface area contributed by atoms with Gasteiger partial charge in [0.2, 0.25) is 0 Å². The highest BCUT2D eigenvalue weighted by Crippen LogP contribution is 2.13. The number of rotatable bonds is 3. The van der Waals surface area contributed by atoms with Gasteiger partial charge in [-0.2, -0.15) is 0 Å². The standard InChI is InChI=1S/C11H10O2/c1-3-7-13-11-6-4-5-10(8-11)9(2)12/h1,4-6,8H,7H2,2H3. The predicted octanol–water partition coefficient (Wildman–Crippen LogP) is 1.90. The molecule has 0 atom stereocenters. The van der Waals surface area contributed by atoms with Gasteiger partial charge in [-0.25, -0.2) is 0 Å². The zero-order valence-electron chi connectivity index (χ0n) is 7.41. The summed E-state index contributed by atoms with van der Waals surface area (Å²) in [6, 6.07) is 6.96. The first kappa shape index (κ1) is 9.34. The van der Waals surface area contributed by atoms with E-state index in [9.17, 15) is 4.79 Å². The second-order valence-corrected chi connectivity index (χ2v) is 2.58. The van der Waals surface area contributed by atoms with Gasteiger partial charge in [0, 0.05) is 5.56 Å². The molecular formula is C11H10O2. The van der Waals surface area contributed by atoms with Crippen LogP contribution in [0.4, 0.5) is 0 Å². The lowest BCUT2D eigenvalue weighted by molar-refractivity contribution is 0.101. The van der Waals surface area contributed by atoms with Crippen LogP contribution < -0.4 is 4.74 Å². The monoisotopic (exact) mass is 174 g/mol. The molecule has 0 amide bonds. The van der Waals surface area contributed by atoms with E-state index in [1.54, 1.807) is 24.3 Å². The molecule has 13 heavy (non-hydrogen) atoms. The maximum atomic E-state index is 11.0. The largest absolute Gasteiger partial charge is 0.481 e. The zero-order chi connectivity index (χ0) is 9.68. The zero-order valence-corrected chi connectivity index (χ0v) is 7.41. The maximum Gasteiger partial charge on any atom is 0.159 e. The van der Waals surface area contributed by atoms with Gasteiger partial charge >= 0.3 is 0 Å². The predicted molar refractivity (Wildman–Crippen MR) is 50.8 cm³/mol. The number of benzene rings is 1. The second-order valence-electron chi connectivity index (χ2n) is 2.58. The molecule has 0 saturated heterocycles. The molecule has 0 aromatic heterocycles. The molecule has 1 aromatic carbocycles. The number of terminal acetylenes is 1. The summed E-state index contributed by atoms with van der Waals surface area (Å²) < 4.78 is 5.16. The fourth-order valence-corrected chi connectivity index (χ4v) is 0.930. The van der Waals surface area contributed by atoms with Crippen LogP contribution in [-0.2, 0) is 0 Å². The minimum Gasteiger partial charge on any atom is -0.481 e. The fourth-order valence-electron chi connectivity index (χ4n) is 0.930. The van der Waals surface area contributed by atoms with Gasteiger partial charge in [0.15, 0.2) is 5.78 Å². The van der Waals surface area contributed by atoms with E-state index in [2.05, 4.69) is 5.92 Å². The SMILES string of the molecule is C#CCOc1cccc(C(C)=O)c1. The van der Waals surface area contributed by atoms with E-state index < -0.39 is 0 Å². The molecule has 2 nitrogen and oxygen atoms in total. The normalized spacial score (nSPS) is 8.92. The molecule has 0 fully saturated rings. The van der Waals surface area contributed by atoms with Gasteiger partial charge in [0.05, 0.1) is 0 Å². The molecule has 0 bridgehead atoms. The Morgan fingerprint density at radius 3 is 3.00 bits per heavy atom. The third-order valence-corrected chi connectivity index (χ3v) is 1.56. The van der Waals surface area contributed by atoms with Gasteiger partial charge < -0.3 is 4.74 Å². The number of ether oxygens (including phenoxy) is 1. The Kier molecular flexibility index (Phi) is 3.10. The van der Waals surface area contributed by atoms with Crippen LogP contribution >= 0.6 is 0 Å². The van der Waals surface area contributed by atoms with Crippen LogP contribution in [0.2, 0.25) is 0 Å². The van der Waals surface area contributed by atoms with Gasteiger partial charge in [0.1, 0.15) is 12.4 Å². The van der Waals surface area contributed by atoms with Crippen LogP contribution in [0, 0.1) is 12.3 Å². The van der Waals surface area contributed by atoms with E-state index in [0.29, 0.717) is 11.3 Å². The number of hydrogen-bond acceptors (Lipinski definition) is 2. The fraction of sp³-hybridized carbons (Fsp3) is 0.182. The Hall–Kier alpha value is -1.75. The molecule has 66 valence electrons. The summed E-state index contributed by atoms with van der Waals surface area (Å²) in [5.74, 6) is 3.01. The van der Waals surface area contributed by atoms with Crippen LogP contribution in [0.3, 0.4) is 0 Å². The Morgan fingerprint density at radius 1 is 1.62 bits per heavy atom. The van der Waals surface area contributed by atoms with Crippen molar-refractivity contribution < 1.29 is 9.53 Å². The van der Waals surface area contributed by atoms with Crippen molar-refractivity contribution in [3.8, 4) is 18.1 Å². The van der Waals surface area contributed by atoms with Crippen LogP contribution in [0.25, 0.3) is 0 Å². The third kappa shape index (κ3) is 2.64. The summed E-state index contributed by atoms with van der Waals surface area (Å²) in [6.07, 6.45) is 5.03. The smallest absolute Gasteiger partial charge is 0.159 e. The Balaban J connectivity index is 2.80. The average molecular weight is 174 g/mol. The van der Waals surface area contributed by atoms with Gasteiger partial charge in [-0.05, 0) is 19.1 Å². The second kappa shape index (κ2) is 4.32. The average Bonchev–Trinajstić information content (AvgIpc) is 2.15. The first-order chi connectivity index (χ1) is 6.24. The highest BCUT2D eigenvalue weighted by Gasteiger charge is 1.99. The number of carbonyl (C=O) groups is 1. The molecule has 0 aliphatic heterocycles. The molecule has 0 radical (unpaired) electrons. The molecule has 2 heteroatoms. The molecule has 0 spiro atoms. The van der Waals surface area contributed by atoms with Crippen molar-refractivity contribution >= 4 is 5.78 Å². The van der Waals surface area contributed by atoms with Crippen molar-refractivity contribution in [2.45, 2.75) is 6.92 Å². The molecular weight excluding hydrogens is 164 g/mol. The van der Waals surface area contributed by atoms with Crippen LogP contribution in [0.15, 0.2) is 24.3 Å². The first-order valence-electron chi connectivity index (χ1n) is 3.91. The Labute approximate surface area is 77.5 Å². The van der Waals surface area contributed by atoms with Gasteiger partial charge in [-0.1, -0.05) is 18.1 Å². The van der Waals surface area contributed by atoms with Crippen molar-refractivity contribution in [3.63, 3.8) is 0 Å². The van der Waals surface area contributed by atoms with E-state index in [1.807, 2.05) is 0 Å². The number of hydrogen-bond donors (Lipinski definition) is 0. The number of ketones is 1. The highest BCUT2D eigenvalue weighted by molar-refractivity contribution is 5.94. The minimum absolute atomic E-state index is 0.0196. The lowest BCUT2D eigenvalue weighted by atomic mass is 10.1. The molecule has 0 unspecified atom stereocenters.